The van der Waals surface area contributed by atoms with Crippen LogP contribution in [0.1, 0.15) is 31.0 Å². The first kappa shape index (κ1) is 13.5. The third-order valence-corrected chi connectivity index (χ3v) is 3.61. The molecule has 0 fully saturated rings. The lowest BCUT2D eigenvalue weighted by Gasteiger charge is -2.10. The molecule has 2 heterocycles. The number of aryl methyl sites for hydroxylation is 1. The highest BCUT2D eigenvalue weighted by molar-refractivity contribution is 5.91. The predicted octanol–water partition coefficient (Wildman–Crippen LogP) is 3.42. The summed E-state index contributed by atoms with van der Waals surface area (Å²) in [7, 11) is 0. The molecule has 4 nitrogen and oxygen atoms in total. The molecule has 0 atom stereocenters. The Bertz CT molecular complexity index is 860. The van der Waals surface area contributed by atoms with Crippen LogP contribution in [0.4, 0.5) is 0 Å². The van der Waals surface area contributed by atoms with Crippen LogP contribution < -0.4 is 5.56 Å². The largest absolute Gasteiger partial charge is 0.306 e. The lowest BCUT2D eigenvalue weighted by Crippen LogP contribution is -2.18. The van der Waals surface area contributed by atoms with Crippen LogP contribution in [0.5, 0.6) is 0 Å². The summed E-state index contributed by atoms with van der Waals surface area (Å²) >= 11 is 0. The van der Waals surface area contributed by atoms with E-state index in [1.807, 2.05) is 51.1 Å². The standard InChI is InChI=1S/C17H17N3O/c1-10(2)14-11(3)19-16(20-17(14)21)13-8-4-6-12-7-5-9-18-15(12)13/h4-10H,1-3H3,(H,19,20,21). The number of aromatic amines is 1. The van der Waals surface area contributed by atoms with Crippen molar-refractivity contribution in [2.45, 2.75) is 26.7 Å². The van der Waals surface area contributed by atoms with E-state index in [2.05, 4.69) is 15.0 Å². The first-order valence-electron chi connectivity index (χ1n) is 7.03. The first-order valence-corrected chi connectivity index (χ1v) is 7.03. The summed E-state index contributed by atoms with van der Waals surface area (Å²) in [6.45, 7) is 5.88. The molecule has 4 heteroatoms. The number of pyridine rings is 1. The molecule has 0 saturated heterocycles. The molecule has 0 spiro atoms. The van der Waals surface area contributed by atoms with Gasteiger partial charge in [-0.3, -0.25) is 9.78 Å². The second-order valence-corrected chi connectivity index (χ2v) is 5.45. The fourth-order valence-electron chi connectivity index (χ4n) is 2.70. The van der Waals surface area contributed by atoms with Crippen LogP contribution >= 0.6 is 0 Å². The van der Waals surface area contributed by atoms with Crippen LogP contribution in [-0.4, -0.2) is 15.0 Å². The Balaban J connectivity index is 2.27. The number of hydrogen-bond acceptors (Lipinski definition) is 3. The topological polar surface area (TPSA) is 58.6 Å². The summed E-state index contributed by atoms with van der Waals surface area (Å²) in [6.07, 6.45) is 1.75. The average molecular weight is 279 g/mol. The van der Waals surface area contributed by atoms with Crippen LogP contribution in [0.25, 0.3) is 22.3 Å². The summed E-state index contributed by atoms with van der Waals surface area (Å²) in [6, 6.07) is 9.78. The third-order valence-electron chi connectivity index (χ3n) is 3.61. The maximum absolute atomic E-state index is 12.3. The van der Waals surface area contributed by atoms with Gasteiger partial charge in [0, 0.05) is 28.4 Å². The van der Waals surface area contributed by atoms with E-state index in [9.17, 15) is 4.79 Å². The smallest absolute Gasteiger partial charge is 0.254 e. The fourth-order valence-corrected chi connectivity index (χ4v) is 2.70. The minimum atomic E-state index is -0.0690. The van der Waals surface area contributed by atoms with Gasteiger partial charge in [-0.15, -0.1) is 0 Å². The van der Waals surface area contributed by atoms with Gasteiger partial charge in [0.1, 0.15) is 5.82 Å². The van der Waals surface area contributed by atoms with E-state index in [-0.39, 0.29) is 11.5 Å². The molecule has 0 aliphatic heterocycles. The number of para-hydroxylation sites is 1. The Morgan fingerprint density at radius 1 is 1.14 bits per heavy atom. The Morgan fingerprint density at radius 3 is 2.62 bits per heavy atom. The average Bonchev–Trinajstić information content (AvgIpc) is 2.45. The minimum absolute atomic E-state index is 0.0690. The van der Waals surface area contributed by atoms with Crippen molar-refractivity contribution in [3.05, 3.63) is 58.1 Å². The second-order valence-electron chi connectivity index (χ2n) is 5.45. The number of aromatic nitrogens is 3. The zero-order chi connectivity index (χ0) is 15.0. The number of rotatable bonds is 2. The Morgan fingerprint density at radius 2 is 1.90 bits per heavy atom. The van der Waals surface area contributed by atoms with E-state index in [0.717, 1.165) is 27.7 Å². The molecule has 0 bridgehead atoms. The van der Waals surface area contributed by atoms with Gasteiger partial charge in [-0.2, -0.15) is 0 Å². The van der Waals surface area contributed by atoms with Crippen LogP contribution in [0.3, 0.4) is 0 Å². The molecule has 0 aliphatic rings. The van der Waals surface area contributed by atoms with Crippen LogP contribution in [0, 0.1) is 6.92 Å². The van der Waals surface area contributed by atoms with Crippen molar-refractivity contribution in [2.75, 3.05) is 0 Å². The molecule has 0 amide bonds. The Labute approximate surface area is 122 Å². The quantitative estimate of drug-likeness (QED) is 0.782. The maximum Gasteiger partial charge on any atom is 0.254 e. The Kier molecular flexibility index (Phi) is 3.29. The molecule has 2 aromatic heterocycles. The molecule has 1 aromatic carbocycles. The summed E-state index contributed by atoms with van der Waals surface area (Å²) in [5.74, 6) is 0.729. The number of benzene rings is 1. The van der Waals surface area contributed by atoms with E-state index >= 15 is 0 Å². The highest BCUT2D eigenvalue weighted by atomic mass is 16.1. The van der Waals surface area contributed by atoms with Crippen LogP contribution in [0.15, 0.2) is 41.3 Å². The first-order chi connectivity index (χ1) is 10.1. The van der Waals surface area contributed by atoms with Crippen LogP contribution in [0.2, 0.25) is 0 Å². The summed E-state index contributed by atoms with van der Waals surface area (Å²) in [5.41, 5.74) is 3.15. The lowest BCUT2D eigenvalue weighted by molar-refractivity contribution is 0.815. The molecular formula is C17H17N3O. The van der Waals surface area contributed by atoms with E-state index in [1.165, 1.54) is 0 Å². The molecule has 0 aliphatic carbocycles. The number of fused-ring (bicyclic) bond motifs is 1. The molecule has 0 unspecified atom stereocenters. The maximum atomic E-state index is 12.3. The molecule has 106 valence electrons. The summed E-state index contributed by atoms with van der Waals surface area (Å²) in [4.78, 5) is 24.2. The molecule has 0 saturated carbocycles. The van der Waals surface area contributed by atoms with Gasteiger partial charge in [-0.1, -0.05) is 32.0 Å². The van der Waals surface area contributed by atoms with E-state index in [1.54, 1.807) is 6.20 Å². The zero-order valence-corrected chi connectivity index (χ0v) is 12.3. The van der Waals surface area contributed by atoms with E-state index < -0.39 is 0 Å². The van der Waals surface area contributed by atoms with Crippen molar-refractivity contribution in [1.82, 2.24) is 15.0 Å². The van der Waals surface area contributed by atoms with Gasteiger partial charge in [0.2, 0.25) is 0 Å². The van der Waals surface area contributed by atoms with Crippen LogP contribution in [-0.2, 0) is 0 Å². The van der Waals surface area contributed by atoms with E-state index in [4.69, 9.17) is 0 Å². The van der Waals surface area contributed by atoms with Gasteiger partial charge < -0.3 is 4.98 Å². The summed E-state index contributed by atoms with van der Waals surface area (Å²) < 4.78 is 0. The van der Waals surface area contributed by atoms with Crippen molar-refractivity contribution in [1.29, 1.82) is 0 Å². The molecule has 0 radical (unpaired) electrons. The number of H-pyrrole nitrogens is 1. The number of nitrogens with one attached hydrogen (secondary N) is 1. The molecular weight excluding hydrogens is 262 g/mol. The molecule has 3 aromatic rings. The van der Waals surface area contributed by atoms with Crippen molar-refractivity contribution in [2.24, 2.45) is 0 Å². The van der Waals surface area contributed by atoms with Crippen molar-refractivity contribution < 1.29 is 0 Å². The fraction of sp³-hybridized carbons (Fsp3) is 0.235. The van der Waals surface area contributed by atoms with Gasteiger partial charge in [0.05, 0.1) is 5.52 Å². The lowest BCUT2D eigenvalue weighted by atomic mass is 10.0. The highest BCUT2D eigenvalue weighted by Gasteiger charge is 2.14. The van der Waals surface area contributed by atoms with E-state index in [0.29, 0.717) is 5.82 Å². The number of hydrogen-bond donors (Lipinski definition) is 1. The normalized spacial score (nSPS) is 11.2. The monoisotopic (exact) mass is 279 g/mol. The Hall–Kier alpha value is -2.49. The minimum Gasteiger partial charge on any atom is -0.306 e. The third kappa shape index (κ3) is 2.33. The predicted molar refractivity (Wildman–Crippen MR) is 84.4 cm³/mol. The van der Waals surface area contributed by atoms with Gasteiger partial charge in [-0.25, -0.2) is 4.98 Å². The molecule has 1 N–H and O–H groups in total. The van der Waals surface area contributed by atoms with Gasteiger partial charge in [0.25, 0.3) is 5.56 Å². The van der Waals surface area contributed by atoms with Gasteiger partial charge in [0.15, 0.2) is 0 Å². The van der Waals surface area contributed by atoms with Crippen molar-refractivity contribution >= 4 is 10.9 Å². The molecule has 21 heavy (non-hydrogen) atoms. The van der Waals surface area contributed by atoms with Crippen molar-refractivity contribution in [3.63, 3.8) is 0 Å². The van der Waals surface area contributed by atoms with Gasteiger partial charge in [-0.05, 0) is 25.0 Å². The van der Waals surface area contributed by atoms with Gasteiger partial charge >= 0.3 is 0 Å². The second kappa shape index (κ2) is 5.13. The zero-order valence-electron chi connectivity index (χ0n) is 12.3. The van der Waals surface area contributed by atoms with Crippen molar-refractivity contribution in [3.8, 4) is 11.4 Å². The molecule has 3 rings (SSSR count). The SMILES string of the molecule is Cc1nc(-c2cccc3cccnc23)[nH]c(=O)c1C(C)C. The highest BCUT2D eigenvalue weighted by Crippen LogP contribution is 2.24. The number of nitrogens with zero attached hydrogens (tertiary/aromatic N) is 2. The summed E-state index contributed by atoms with van der Waals surface area (Å²) in [5, 5.41) is 1.03.